The minimum atomic E-state index is -0.899. The number of thiophene rings is 2. The van der Waals surface area contributed by atoms with Crippen LogP contribution in [-0.2, 0) is 20.9 Å². The van der Waals surface area contributed by atoms with E-state index in [0.717, 1.165) is 4.88 Å². The summed E-state index contributed by atoms with van der Waals surface area (Å²) in [5.41, 5.74) is 0. The summed E-state index contributed by atoms with van der Waals surface area (Å²) in [7, 11) is 0. The lowest BCUT2D eigenvalue weighted by molar-refractivity contribution is -0.154. The summed E-state index contributed by atoms with van der Waals surface area (Å²) < 4.78 is 5.58. The van der Waals surface area contributed by atoms with E-state index in [9.17, 15) is 14.4 Å². The molecule has 8 heteroatoms. The molecule has 1 N–H and O–H groups in total. The molecule has 0 spiro atoms. The van der Waals surface area contributed by atoms with E-state index < -0.39 is 12.1 Å². The average molecular weight is 386 g/mol. The summed E-state index contributed by atoms with van der Waals surface area (Å²) in [5, 5.41) is 4.62. The van der Waals surface area contributed by atoms with Crippen LogP contribution in [0.15, 0.2) is 29.6 Å². The van der Waals surface area contributed by atoms with Crippen LogP contribution in [0.5, 0.6) is 0 Å². The van der Waals surface area contributed by atoms with E-state index in [4.69, 9.17) is 16.3 Å². The molecular formula is C16H16ClNO4S2. The van der Waals surface area contributed by atoms with Gasteiger partial charge in [0, 0.05) is 11.3 Å². The highest BCUT2D eigenvalue weighted by Gasteiger charge is 2.19. The fourth-order valence-electron chi connectivity index (χ4n) is 1.84. The maximum absolute atomic E-state index is 11.9. The summed E-state index contributed by atoms with van der Waals surface area (Å²) in [5.74, 6) is -1.11. The number of ether oxygens (including phenoxy) is 1. The van der Waals surface area contributed by atoms with Gasteiger partial charge in [-0.25, -0.2) is 0 Å². The van der Waals surface area contributed by atoms with E-state index in [1.165, 1.54) is 29.6 Å². The molecule has 0 radical (unpaired) electrons. The third kappa shape index (κ3) is 5.74. The topological polar surface area (TPSA) is 72.5 Å². The van der Waals surface area contributed by atoms with Crippen LogP contribution in [0, 0.1) is 0 Å². The Hall–Kier alpha value is -1.70. The van der Waals surface area contributed by atoms with E-state index in [1.54, 1.807) is 12.1 Å². The number of amides is 1. The number of rotatable bonds is 8. The van der Waals surface area contributed by atoms with Crippen molar-refractivity contribution >= 4 is 51.9 Å². The summed E-state index contributed by atoms with van der Waals surface area (Å²) in [6.45, 7) is 1.90. The average Bonchev–Trinajstić information content (AvgIpc) is 3.21. The zero-order valence-electron chi connectivity index (χ0n) is 12.9. The van der Waals surface area contributed by atoms with Gasteiger partial charge in [0.05, 0.1) is 22.2 Å². The number of hydrogen-bond donors (Lipinski definition) is 1. The maximum Gasteiger partial charge on any atom is 0.307 e. The first-order valence-corrected chi connectivity index (χ1v) is 9.31. The lowest BCUT2D eigenvalue weighted by atomic mass is 10.2. The van der Waals surface area contributed by atoms with Gasteiger partial charge >= 0.3 is 5.97 Å². The standard InChI is InChI=1S/C16H16ClNO4S2/c1-10(16(21)18-9-11-3-2-8-23-11)22-15(20)7-4-12(19)13-5-6-14(17)24-13/h2-3,5-6,8,10H,4,7,9H2,1H3,(H,18,21). The normalized spacial score (nSPS) is 11.8. The Kier molecular flexibility index (Phi) is 6.96. The number of Topliss-reactive ketones (excluding diaryl/α,β-unsaturated/α-hetero) is 1. The van der Waals surface area contributed by atoms with Gasteiger partial charge in [-0.1, -0.05) is 17.7 Å². The molecular weight excluding hydrogens is 370 g/mol. The summed E-state index contributed by atoms with van der Waals surface area (Å²) >= 11 is 8.47. The molecule has 0 saturated heterocycles. The van der Waals surface area contributed by atoms with Crippen LogP contribution in [-0.4, -0.2) is 23.8 Å². The molecule has 5 nitrogen and oxygen atoms in total. The Morgan fingerprint density at radius 3 is 2.67 bits per heavy atom. The van der Waals surface area contributed by atoms with Crippen molar-refractivity contribution in [2.75, 3.05) is 0 Å². The lowest BCUT2D eigenvalue weighted by Gasteiger charge is -2.13. The zero-order valence-corrected chi connectivity index (χ0v) is 15.3. The molecule has 0 aromatic carbocycles. The van der Waals surface area contributed by atoms with Crippen LogP contribution < -0.4 is 5.32 Å². The predicted octanol–water partition coefficient (Wildman–Crippen LogP) is 3.67. The highest BCUT2D eigenvalue weighted by molar-refractivity contribution is 7.18. The Morgan fingerprint density at radius 2 is 2.04 bits per heavy atom. The molecule has 0 fully saturated rings. The molecule has 0 bridgehead atoms. The minimum absolute atomic E-state index is 0.0270. The number of carbonyl (C=O) groups excluding carboxylic acids is 3. The zero-order chi connectivity index (χ0) is 17.5. The second-order valence-electron chi connectivity index (χ2n) is 4.96. The molecule has 0 aliphatic heterocycles. The van der Waals surface area contributed by atoms with Crippen molar-refractivity contribution in [1.29, 1.82) is 0 Å². The molecule has 2 rings (SSSR count). The molecule has 2 aromatic heterocycles. The third-order valence-electron chi connectivity index (χ3n) is 3.10. The number of hydrogen-bond acceptors (Lipinski definition) is 6. The first-order valence-electron chi connectivity index (χ1n) is 7.24. The molecule has 1 amide bonds. The fourth-order valence-corrected chi connectivity index (χ4v) is 3.50. The first-order chi connectivity index (χ1) is 11.5. The molecule has 0 saturated carbocycles. The molecule has 128 valence electrons. The van der Waals surface area contributed by atoms with Gasteiger partial charge in [0.2, 0.25) is 0 Å². The largest absolute Gasteiger partial charge is 0.453 e. The highest BCUT2D eigenvalue weighted by atomic mass is 35.5. The molecule has 2 heterocycles. The third-order valence-corrected chi connectivity index (χ3v) is 5.25. The van der Waals surface area contributed by atoms with Gasteiger partial charge in [-0.2, -0.15) is 0 Å². The Balaban J connectivity index is 1.70. The minimum Gasteiger partial charge on any atom is -0.453 e. The van der Waals surface area contributed by atoms with Gasteiger partial charge in [0.1, 0.15) is 0 Å². The van der Waals surface area contributed by atoms with Crippen molar-refractivity contribution in [3.05, 3.63) is 43.7 Å². The van der Waals surface area contributed by atoms with Gasteiger partial charge in [-0.05, 0) is 30.5 Å². The van der Waals surface area contributed by atoms with E-state index in [0.29, 0.717) is 15.8 Å². The fraction of sp³-hybridized carbons (Fsp3) is 0.312. The molecule has 2 aromatic rings. The summed E-state index contributed by atoms with van der Waals surface area (Å²) in [6.07, 6.45) is -0.945. The van der Waals surface area contributed by atoms with Gasteiger partial charge in [-0.3, -0.25) is 14.4 Å². The summed E-state index contributed by atoms with van der Waals surface area (Å²) in [4.78, 5) is 37.0. The van der Waals surface area contributed by atoms with Crippen LogP contribution in [0.3, 0.4) is 0 Å². The monoisotopic (exact) mass is 385 g/mol. The van der Waals surface area contributed by atoms with Crippen LogP contribution >= 0.6 is 34.3 Å². The number of halogens is 1. The lowest BCUT2D eigenvalue weighted by Crippen LogP contribution is -2.35. The van der Waals surface area contributed by atoms with E-state index >= 15 is 0 Å². The first kappa shape index (κ1) is 18.6. The van der Waals surface area contributed by atoms with Crippen molar-refractivity contribution in [2.45, 2.75) is 32.4 Å². The van der Waals surface area contributed by atoms with Crippen LogP contribution in [0.25, 0.3) is 0 Å². The number of carbonyl (C=O) groups is 3. The van der Waals surface area contributed by atoms with Crippen molar-refractivity contribution in [3.8, 4) is 0 Å². The molecule has 0 aliphatic carbocycles. The van der Waals surface area contributed by atoms with E-state index in [1.807, 2.05) is 17.5 Å². The number of esters is 1. The molecule has 24 heavy (non-hydrogen) atoms. The van der Waals surface area contributed by atoms with Crippen LogP contribution in [0.4, 0.5) is 0 Å². The van der Waals surface area contributed by atoms with Crippen molar-refractivity contribution in [3.63, 3.8) is 0 Å². The maximum atomic E-state index is 11.9. The Labute approximate surface area is 152 Å². The van der Waals surface area contributed by atoms with Crippen LogP contribution in [0.1, 0.15) is 34.3 Å². The van der Waals surface area contributed by atoms with Gasteiger partial charge in [0.25, 0.3) is 5.91 Å². The van der Waals surface area contributed by atoms with Gasteiger partial charge < -0.3 is 10.1 Å². The predicted molar refractivity (Wildman–Crippen MR) is 94.6 cm³/mol. The van der Waals surface area contributed by atoms with E-state index in [2.05, 4.69) is 5.32 Å². The van der Waals surface area contributed by atoms with Crippen molar-refractivity contribution in [2.24, 2.45) is 0 Å². The molecule has 0 aliphatic rings. The van der Waals surface area contributed by atoms with Gasteiger partial charge in [-0.15, -0.1) is 22.7 Å². The Morgan fingerprint density at radius 1 is 1.25 bits per heavy atom. The van der Waals surface area contributed by atoms with Crippen molar-refractivity contribution in [1.82, 2.24) is 5.32 Å². The van der Waals surface area contributed by atoms with Crippen LogP contribution in [0.2, 0.25) is 4.34 Å². The molecule has 1 unspecified atom stereocenters. The quantitative estimate of drug-likeness (QED) is 0.555. The molecule has 1 atom stereocenters. The smallest absolute Gasteiger partial charge is 0.307 e. The summed E-state index contributed by atoms with van der Waals surface area (Å²) in [6, 6.07) is 7.07. The number of ketones is 1. The highest BCUT2D eigenvalue weighted by Crippen LogP contribution is 2.23. The van der Waals surface area contributed by atoms with E-state index in [-0.39, 0.29) is 24.5 Å². The second kappa shape index (κ2) is 8.96. The second-order valence-corrected chi connectivity index (χ2v) is 7.70. The Bertz CT molecular complexity index is 711. The van der Waals surface area contributed by atoms with Crippen molar-refractivity contribution < 1.29 is 19.1 Å². The SMILES string of the molecule is CC(OC(=O)CCC(=O)c1ccc(Cl)s1)C(=O)NCc1cccs1. The van der Waals surface area contributed by atoms with Gasteiger partial charge in [0.15, 0.2) is 11.9 Å². The number of nitrogens with one attached hydrogen (secondary N) is 1.